The van der Waals surface area contributed by atoms with Crippen LogP contribution in [0.3, 0.4) is 0 Å². The Balaban J connectivity index is 0.00000481. The maximum absolute atomic E-state index is 6.85. The Hall–Kier alpha value is -2.38. The third kappa shape index (κ3) is 9.46. The molecule has 0 fully saturated rings. The minimum Gasteiger partial charge on any atom is -1.00 e. The van der Waals surface area contributed by atoms with Crippen LogP contribution < -0.4 is 34.6 Å². The Bertz CT molecular complexity index is 900. The minimum absolute atomic E-state index is 0. The number of nitrogens with one attached hydrogen (secondary N) is 2. The van der Waals surface area contributed by atoms with Gasteiger partial charge in [0, 0.05) is 20.1 Å². The Kier molecular flexibility index (Phi) is 15.0. The van der Waals surface area contributed by atoms with E-state index in [4.69, 9.17) is 4.74 Å². The van der Waals surface area contributed by atoms with Crippen molar-refractivity contribution < 1.29 is 28.7 Å². The predicted molar refractivity (Wildman–Crippen MR) is 153 cm³/mol. The summed E-state index contributed by atoms with van der Waals surface area (Å²) in [6, 6.07) is 31.6. The molecule has 3 rings (SSSR count). The van der Waals surface area contributed by atoms with Crippen LogP contribution in [0, 0.1) is 0 Å². The van der Waals surface area contributed by atoms with Crippen molar-refractivity contribution in [3.8, 4) is 0 Å². The van der Waals surface area contributed by atoms with Gasteiger partial charge in [-0.1, -0.05) is 130 Å². The molecule has 0 aliphatic heterocycles. The molecule has 3 aromatic carbocycles. The van der Waals surface area contributed by atoms with Crippen molar-refractivity contribution >= 4 is 5.96 Å². The number of halogens is 1. The van der Waals surface area contributed by atoms with Gasteiger partial charge in [0.15, 0.2) is 5.96 Å². The number of hydrogen-bond acceptors (Lipinski definition) is 2. The number of hydrogen-bond donors (Lipinski definition) is 2. The highest BCUT2D eigenvalue weighted by molar-refractivity contribution is 5.79. The average molecular weight is 613 g/mol. The lowest BCUT2D eigenvalue weighted by Gasteiger charge is -2.36. The van der Waals surface area contributed by atoms with Crippen molar-refractivity contribution in [3.63, 3.8) is 0 Å². The molecule has 0 bridgehead atoms. The van der Waals surface area contributed by atoms with E-state index in [-0.39, 0.29) is 24.0 Å². The number of nitrogens with zero attached hydrogens (tertiary/aromatic N) is 1. The van der Waals surface area contributed by atoms with Crippen molar-refractivity contribution in [3.05, 3.63) is 108 Å². The molecule has 0 atom stereocenters. The first-order valence-corrected chi connectivity index (χ1v) is 13.6. The highest BCUT2D eigenvalue weighted by Crippen LogP contribution is 2.40. The Morgan fingerprint density at radius 2 is 1.08 bits per heavy atom. The summed E-state index contributed by atoms with van der Waals surface area (Å²) in [6.45, 7) is 4.62. The molecule has 0 heterocycles. The predicted octanol–water partition coefficient (Wildman–Crippen LogP) is 3.91. The summed E-state index contributed by atoms with van der Waals surface area (Å²) < 4.78 is 6.85. The first kappa shape index (κ1) is 30.8. The minimum atomic E-state index is -0.665. The molecule has 0 aliphatic rings. The number of unbranched alkanes of at least 4 members (excludes halogenated alkanes) is 5. The van der Waals surface area contributed by atoms with Crippen LogP contribution in [0.25, 0.3) is 0 Å². The van der Waals surface area contributed by atoms with Crippen molar-refractivity contribution in [1.82, 2.24) is 10.6 Å². The van der Waals surface area contributed by atoms with Crippen molar-refractivity contribution in [1.29, 1.82) is 0 Å². The normalized spacial score (nSPS) is 11.6. The lowest BCUT2D eigenvalue weighted by atomic mass is 9.80. The SMILES string of the molecule is CCCCCCCCNC(=NC)NCCCOC(c1ccccc1)(c1ccccc1)c1ccccc1.[I-]. The van der Waals surface area contributed by atoms with Crippen LogP contribution in [0.5, 0.6) is 0 Å². The molecule has 0 saturated carbocycles. The zero-order chi connectivity index (χ0) is 25.3. The second kappa shape index (κ2) is 18.0. The molecule has 0 spiro atoms. The molecule has 0 saturated heterocycles. The van der Waals surface area contributed by atoms with E-state index >= 15 is 0 Å². The number of benzene rings is 3. The fourth-order valence-corrected chi connectivity index (χ4v) is 4.61. The van der Waals surface area contributed by atoms with Gasteiger partial charge in [-0.3, -0.25) is 4.99 Å². The zero-order valence-corrected chi connectivity index (χ0v) is 24.6. The molecule has 0 unspecified atom stereocenters. The molecule has 37 heavy (non-hydrogen) atoms. The fraction of sp³-hybridized carbons (Fsp3) is 0.406. The Labute approximate surface area is 241 Å². The van der Waals surface area contributed by atoms with Gasteiger partial charge in [-0.15, -0.1) is 0 Å². The molecule has 200 valence electrons. The quantitative estimate of drug-likeness (QED) is 0.0900. The van der Waals surface area contributed by atoms with E-state index < -0.39 is 5.60 Å². The van der Waals surface area contributed by atoms with Crippen LogP contribution in [0.1, 0.15) is 68.6 Å². The summed E-state index contributed by atoms with van der Waals surface area (Å²) in [6.07, 6.45) is 8.64. The first-order valence-electron chi connectivity index (χ1n) is 13.6. The molecular weight excluding hydrogens is 569 g/mol. The summed E-state index contributed by atoms with van der Waals surface area (Å²) in [7, 11) is 1.83. The van der Waals surface area contributed by atoms with E-state index in [2.05, 4.69) is 114 Å². The third-order valence-electron chi connectivity index (χ3n) is 6.52. The van der Waals surface area contributed by atoms with Crippen molar-refractivity contribution in [2.75, 3.05) is 26.7 Å². The summed E-state index contributed by atoms with van der Waals surface area (Å²) in [4.78, 5) is 4.38. The molecule has 5 heteroatoms. The summed E-state index contributed by atoms with van der Waals surface area (Å²) in [5.41, 5.74) is 2.73. The maximum Gasteiger partial charge on any atom is 0.190 e. The maximum atomic E-state index is 6.85. The van der Waals surface area contributed by atoms with Gasteiger partial charge in [0.2, 0.25) is 0 Å². The van der Waals surface area contributed by atoms with E-state index in [1.807, 2.05) is 7.05 Å². The van der Waals surface area contributed by atoms with Gasteiger partial charge in [-0.25, -0.2) is 0 Å². The summed E-state index contributed by atoms with van der Waals surface area (Å²) in [5.74, 6) is 0.865. The van der Waals surface area contributed by atoms with E-state index in [0.717, 1.165) is 42.2 Å². The van der Waals surface area contributed by atoms with Gasteiger partial charge in [0.1, 0.15) is 5.60 Å². The molecule has 3 aromatic rings. The van der Waals surface area contributed by atoms with Crippen LogP contribution in [-0.2, 0) is 10.3 Å². The third-order valence-corrected chi connectivity index (χ3v) is 6.52. The van der Waals surface area contributed by atoms with E-state index in [1.165, 1.54) is 38.5 Å². The van der Waals surface area contributed by atoms with E-state index in [0.29, 0.717) is 6.61 Å². The topological polar surface area (TPSA) is 45.7 Å². The van der Waals surface area contributed by atoms with Gasteiger partial charge < -0.3 is 39.3 Å². The van der Waals surface area contributed by atoms with Crippen LogP contribution in [0.15, 0.2) is 96.0 Å². The van der Waals surface area contributed by atoms with E-state index in [1.54, 1.807) is 0 Å². The van der Waals surface area contributed by atoms with Crippen LogP contribution in [0.2, 0.25) is 0 Å². The molecule has 2 N–H and O–H groups in total. The smallest absolute Gasteiger partial charge is 0.190 e. The number of aliphatic imine (C=N–C) groups is 1. The van der Waals surface area contributed by atoms with Crippen LogP contribution in [0.4, 0.5) is 0 Å². The van der Waals surface area contributed by atoms with Crippen molar-refractivity contribution in [2.24, 2.45) is 4.99 Å². The molecule has 0 aromatic heterocycles. The second-order valence-corrected chi connectivity index (χ2v) is 9.17. The lowest BCUT2D eigenvalue weighted by molar-refractivity contribution is -0.0000169. The number of ether oxygens (including phenoxy) is 1. The van der Waals surface area contributed by atoms with Gasteiger partial charge in [-0.2, -0.15) is 0 Å². The summed E-state index contributed by atoms with van der Waals surface area (Å²) in [5, 5.41) is 6.89. The fourth-order valence-electron chi connectivity index (χ4n) is 4.61. The van der Waals surface area contributed by atoms with Gasteiger partial charge in [-0.05, 0) is 29.5 Å². The molecule has 0 radical (unpaired) electrons. The summed E-state index contributed by atoms with van der Waals surface area (Å²) >= 11 is 0. The standard InChI is InChI=1S/C32H43N3O.HI/c1-3-4-5-6-7-17-25-34-31(33-2)35-26-18-27-36-32(28-19-11-8-12-20-28,29-21-13-9-14-22-29)30-23-15-10-16-24-30;/h8-16,19-24H,3-7,17-18,25-27H2,1-2H3,(H2,33,34,35);1H/p-1. The highest BCUT2D eigenvalue weighted by Gasteiger charge is 2.37. The lowest BCUT2D eigenvalue weighted by Crippen LogP contribution is -3.00. The monoisotopic (exact) mass is 612 g/mol. The molecule has 0 aliphatic carbocycles. The molecular formula is C32H43IN3O-. The van der Waals surface area contributed by atoms with Crippen LogP contribution >= 0.6 is 0 Å². The van der Waals surface area contributed by atoms with Gasteiger partial charge >= 0.3 is 0 Å². The van der Waals surface area contributed by atoms with E-state index in [9.17, 15) is 0 Å². The Morgan fingerprint density at radius 3 is 1.54 bits per heavy atom. The van der Waals surface area contributed by atoms with Crippen molar-refractivity contribution in [2.45, 2.75) is 57.5 Å². The van der Waals surface area contributed by atoms with Crippen LogP contribution in [-0.4, -0.2) is 32.7 Å². The Morgan fingerprint density at radius 1 is 0.649 bits per heavy atom. The zero-order valence-electron chi connectivity index (χ0n) is 22.5. The van der Waals surface area contributed by atoms with Gasteiger partial charge in [0.25, 0.3) is 0 Å². The highest BCUT2D eigenvalue weighted by atomic mass is 127. The largest absolute Gasteiger partial charge is 1.00 e. The van der Waals surface area contributed by atoms with Gasteiger partial charge in [0.05, 0.1) is 6.61 Å². The first-order chi connectivity index (χ1) is 17.8. The number of guanidine groups is 1. The number of rotatable bonds is 15. The second-order valence-electron chi connectivity index (χ2n) is 9.17. The molecule has 0 amide bonds. The average Bonchev–Trinajstić information content (AvgIpc) is 2.95. The molecule has 4 nitrogen and oxygen atoms in total.